The standard InChI is InChI=1S/C18H19N3O2/c1-12-3-8-15-16(9-12)21-17(20-15)11-19-18(22)10-13-4-6-14(23-2)7-5-13/h3-9H,10-11H2,1-2H3,(H,19,22)(H,20,21). The van der Waals surface area contributed by atoms with Crippen LogP contribution in [-0.2, 0) is 17.8 Å². The molecule has 0 aliphatic rings. The summed E-state index contributed by atoms with van der Waals surface area (Å²) in [7, 11) is 1.62. The van der Waals surface area contributed by atoms with Crippen molar-refractivity contribution in [3.05, 3.63) is 59.4 Å². The first kappa shape index (κ1) is 15.1. The van der Waals surface area contributed by atoms with Crippen molar-refractivity contribution in [2.45, 2.75) is 19.9 Å². The second-order valence-corrected chi connectivity index (χ2v) is 5.51. The number of benzene rings is 2. The number of aryl methyl sites for hydroxylation is 1. The normalized spacial score (nSPS) is 10.7. The second kappa shape index (κ2) is 6.52. The molecule has 3 rings (SSSR count). The fourth-order valence-electron chi connectivity index (χ4n) is 2.43. The van der Waals surface area contributed by atoms with E-state index in [1.165, 1.54) is 5.56 Å². The lowest BCUT2D eigenvalue weighted by atomic mass is 10.1. The molecular weight excluding hydrogens is 290 g/mol. The monoisotopic (exact) mass is 309 g/mol. The molecule has 0 saturated heterocycles. The maximum Gasteiger partial charge on any atom is 0.224 e. The summed E-state index contributed by atoms with van der Waals surface area (Å²) in [6.45, 7) is 2.43. The summed E-state index contributed by atoms with van der Waals surface area (Å²) in [4.78, 5) is 19.7. The van der Waals surface area contributed by atoms with Crippen LogP contribution in [0.1, 0.15) is 17.0 Å². The van der Waals surface area contributed by atoms with Crippen LogP contribution >= 0.6 is 0 Å². The molecule has 0 fully saturated rings. The molecule has 1 aromatic heterocycles. The van der Waals surface area contributed by atoms with Gasteiger partial charge < -0.3 is 15.0 Å². The van der Waals surface area contributed by atoms with E-state index in [4.69, 9.17) is 4.74 Å². The highest BCUT2D eigenvalue weighted by atomic mass is 16.5. The lowest BCUT2D eigenvalue weighted by Crippen LogP contribution is -2.25. The Morgan fingerprint density at radius 2 is 2.00 bits per heavy atom. The third-order valence-electron chi connectivity index (χ3n) is 3.66. The predicted octanol–water partition coefficient (Wildman–Crippen LogP) is 2.74. The zero-order valence-corrected chi connectivity index (χ0v) is 13.2. The Bertz CT molecular complexity index is 822. The number of aromatic amines is 1. The van der Waals surface area contributed by atoms with Crippen molar-refractivity contribution in [1.82, 2.24) is 15.3 Å². The molecule has 0 aliphatic carbocycles. The number of hydrogen-bond donors (Lipinski definition) is 2. The minimum Gasteiger partial charge on any atom is -0.497 e. The predicted molar refractivity (Wildman–Crippen MR) is 89.4 cm³/mol. The number of imidazole rings is 1. The SMILES string of the molecule is COc1ccc(CC(=O)NCc2nc3ccc(C)cc3[nH]2)cc1. The zero-order valence-electron chi connectivity index (χ0n) is 13.2. The largest absolute Gasteiger partial charge is 0.497 e. The van der Waals surface area contributed by atoms with Gasteiger partial charge in [-0.25, -0.2) is 4.98 Å². The highest BCUT2D eigenvalue weighted by Crippen LogP contribution is 2.13. The molecular formula is C18H19N3O2. The average Bonchev–Trinajstić information content (AvgIpc) is 2.95. The number of fused-ring (bicyclic) bond motifs is 1. The molecule has 0 saturated carbocycles. The smallest absolute Gasteiger partial charge is 0.224 e. The number of H-pyrrole nitrogens is 1. The van der Waals surface area contributed by atoms with E-state index in [9.17, 15) is 4.79 Å². The van der Waals surface area contributed by atoms with Crippen molar-refractivity contribution in [2.24, 2.45) is 0 Å². The van der Waals surface area contributed by atoms with Gasteiger partial charge in [0.15, 0.2) is 0 Å². The fourth-order valence-corrected chi connectivity index (χ4v) is 2.43. The van der Waals surface area contributed by atoms with Crippen molar-refractivity contribution >= 4 is 16.9 Å². The molecule has 23 heavy (non-hydrogen) atoms. The maximum atomic E-state index is 12.0. The van der Waals surface area contributed by atoms with Gasteiger partial charge in [0.25, 0.3) is 0 Å². The Kier molecular flexibility index (Phi) is 4.28. The summed E-state index contributed by atoms with van der Waals surface area (Å²) in [6.07, 6.45) is 0.337. The van der Waals surface area contributed by atoms with Crippen LogP contribution in [0.4, 0.5) is 0 Å². The fraction of sp³-hybridized carbons (Fsp3) is 0.222. The highest BCUT2D eigenvalue weighted by molar-refractivity contribution is 5.79. The number of methoxy groups -OCH3 is 1. The van der Waals surface area contributed by atoms with Crippen LogP contribution in [0.25, 0.3) is 11.0 Å². The molecule has 0 spiro atoms. The Balaban J connectivity index is 1.58. The zero-order chi connectivity index (χ0) is 16.2. The lowest BCUT2D eigenvalue weighted by molar-refractivity contribution is -0.120. The van der Waals surface area contributed by atoms with Crippen LogP contribution < -0.4 is 10.1 Å². The molecule has 118 valence electrons. The van der Waals surface area contributed by atoms with Gasteiger partial charge in [0.05, 0.1) is 31.1 Å². The summed E-state index contributed by atoms with van der Waals surface area (Å²) in [6, 6.07) is 13.5. The summed E-state index contributed by atoms with van der Waals surface area (Å²) in [5.74, 6) is 1.51. The Morgan fingerprint density at radius 3 is 2.74 bits per heavy atom. The summed E-state index contributed by atoms with van der Waals surface area (Å²) in [5, 5.41) is 2.89. The molecule has 2 aromatic carbocycles. The number of hydrogen-bond acceptors (Lipinski definition) is 3. The van der Waals surface area contributed by atoms with Gasteiger partial charge in [0.1, 0.15) is 11.6 Å². The van der Waals surface area contributed by atoms with E-state index in [1.807, 2.05) is 49.4 Å². The third-order valence-corrected chi connectivity index (χ3v) is 3.66. The van der Waals surface area contributed by atoms with Gasteiger partial charge in [-0.05, 0) is 42.3 Å². The van der Waals surface area contributed by atoms with Crippen molar-refractivity contribution in [1.29, 1.82) is 0 Å². The number of carbonyl (C=O) groups excluding carboxylic acids is 1. The molecule has 0 radical (unpaired) electrons. The van der Waals surface area contributed by atoms with Gasteiger partial charge in [0.2, 0.25) is 5.91 Å². The van der Waals surface area contributed by atoms with Crippen molar-refractivity contribution in [2.75, 3.05) is 7.11 Å². The first-order chi connectivity index (χ1) is 11.1. The number of amides is 1. The molecule has 2 N–H and O–H groups in total. The molecule has 3 aromatic rings. The topological polar surface area (TPSA) is 67.0 Å². The van der Waals surface area contributed by atoms with E-state index in [2.05, 4.69) is 15.3 Å². The van der Waals surface area contributed by atoms with Crippen LogP contribution in [0, 0.1) is 6.92 Å². The Labute approximate surface area is 134 Å². The van der Waals surface area contributed by atoms with Crippen LogP contribution in [0.5, 0.6) is 5.75 Å². The van der Waals surface area contributed by atoms with Gasteiger partial charge in [-0.15, -0.1) is 0 Å². The quantitative estimate of drug-likeness (QED) is 0.761. The number of ether oxygens (including phenoxy) is 1. The van der Waals surface area contributed by atoms with Gasteiger partial charge >= 0.3 is 0 Å². The number of rotatable bonds is 5. The molecule has 5 nitrogen and oxygen atoms in total. The van der Waals surface area contributed by atoms with Gasteiger partial charge in [0, 0.05) is 0 Å². The second-order valence-electron chi connectivity index (χ2n) is 5.51. The van der Waals surface area contributed by atoms with Gasteiger partial charge in [-0.3, -0.25) is 4.79 Å². The molecule has 0 unspecified atom stereocenters. The van der Waals surface area contributed by atoms with E-state index >= 15 is 0 Å². The third kappa shape index (κ3) is 3.69. The van der Waals surface area contributed by atoms with Crippen LogP contribution in [0.15, 0.2) is 42.5 Å². The first-order valence-electron chi connectivity index (χ1n) is 7.49. The number of aromatic nitrogens is 2. The van der Waals surface area contributed by atoms with Crippen LogP contribution in [-0.4, -0.2) is 23.0 Å². The minimum atomic E-state index is -0.0354. The van der Waals surface area contributed by atoms with Crippen molar-refractivity contribution in [3.8, 4) is 5.75 Å². The van der Waals surface area contributed by atoms with Gasteiger partial charge in [-0.1, -0.05) is 18.2 Å². The lowest BCUT2D eigenvalue weighted by Gasteiger charge is -2.04. The van der Waals surface area contributed by atoms with Crippen molar-refractivity contribution in [3.63, 3.8) is 0 Å². The van der Waals surface area contributed by atoms with E-state index in [-0.39, 0.29) is 5.91 Å². The average molecular weight is 309 g/mol. The summed E-state index contributed by atoms with van der Waals surface area (Å²) >= 11 is 0. The molecule has 1 amide bonds. The first-order valence-corrected chi connectivity index (χ1v) is 7.49. The number of nitrogens with zero attached hydrogens (tertiary/aromatic N) is 1. The number of nitrogens with one attached hydrogen (secondary N) is 2. The van der Waals surface area contributed by atoms with Crippen LogP contribution in [0.2, 0.25) is 0 Å². The van der Waals surface area contributed by atoms with Crippen molar-refractivity contribution < 1.29 is 9.53 Å². The number of carbonyl (C=O) groups is 1. The van der Waals surface area contributed by atoms with E-state index < -0.39 is 0 Å². The molecule has 0 bridgehead atoms. The van der Waals surface area contributed by atoms with E-state index in [1.54, 1.807) is 7.11 Å². The summed E-state index contributed by atoms with van der Waals surface area (Å²) in [5.41, 5.74) is 4.03. The highest BCUT2D eigenvalue weighted by Gasteiger charge is 2.07. The molecule has 0 aliphatic heterocycles. The maximum absolute atomic E-state index is 12.0. The molecule has 0 atom stereocenters. The van der Waals surface area contributed by atoms with Gasteiger partial charge in [-0.2, -0.15) is 0 Å². The Hall–Kier alpha value is -2.82. The minimum absolute atomic E-state index is 0.0354. The van der Waals surface area contributed by atoms with E-state index in [0.29, 0.717) is 13.0 Å². The molecule has 5 heteroatoms. The molecule has 1 heterocycles. The van der Waals surface area contributed by atoms with Crippen LogP contribution in [0.3, 0.4) is 0 Å². The van der Waals surface area contributed by atoms with E-state index in [0.717, 1.165) is 28.2 Å². The Morgan fingerprint density at radius 1 is 1.22 bits per heavy atom. The summed E-state index contributed by atoms with van der Waals surface area (Å²) < 4.78 is 5.10.